The maximum absolute atomic E-state index is 11.9. The van der Waals surface area contributed by atoms with Gasteiger partial charge >= 0.3 is 5.97 Å². The summed E-state index contributed by atoms with van der Waals surface area (Å²) in [5, 5.41) is 0. The first-order chi connectivity index (χ1) is 11.3. The molecule has 0 aromatic rings. The van der Waals surface area contributed by atoms with Crippen LogP contribution >= 0.6 is 0 Å². The number of carbonyl (C=O) groups is 1. The van der Waals surface area contributed by atoms with Crippen LogP contribution in [0.5, 0.6) is 0 Å². The number of hydrogen-bond acceptors (Lipinski definition) is 3. The first kappa shape index (κ1) is 17.5. The SMILES string of the molecule is C=C1CC[C@H]2C(C)(C)CCC[C@]2(C)[C@H]1/C=C/C1=C[C@@H](OC)OC1=O. The molecule has 3 nitrogen and oxygen atoms in total. The fraction of sp³-hybridized carbons (Fsp3) is 0.667. The maximum Gasteiger partial charge on any atom is 0.340 e. The molecule has 0 radical (unpaired) electrons. The Hall–Kier alpha value is -1.35. The lowest BCUT2D eigenvalue weighted by molar-refractivity contribution is -0.154. The Bertz CT molecular complexity index is 598. The highest BCUT2D eigenvalue weighted by Crippen LogP contribution is 2.61. The zero-order valence-electron chi connectivity index (χ0n) is 15.4. The minimum absolute atomic E-state index is 0.233. The van der Waals surface area contributed by atoms with Crippen molar-refractivity contribution in [2.45, 2.75) is 59.2 Å². The first-order valence-corrected chi connectivity index (χ1v) is 9.09. The fourth-order valence-corrected chi connectivity index (χ4v) is 5.43. The minimum atomic E-state index is -0.552. The fourth-order valence-electron chi connectivity index (χ4n) is 5.43. The number of methoxy groups -OCH3 is 1. The zero-order chi connectivity index (χ0) is 17.5. The summed E-state index contributed by atoms with van der Waals surface area (Å²) < 4.78 is 10.2. The molecule has 1 aliphatic heterocycles. The second-order valence-corrected chi connectivity index (χ2v) is 8.57. The highest BCUT2D eigenvalue weighted by molar-refractivity contribution is 5.93. The largest absolute Gasteiger partial charge is 0.428 e. The van der Waals surface area contributed by atoms with E-state index in [9.17, 15) is 4.79 Å². The molecule has 132 valence electrons. The van der Waals surface area contributed by atoms with E-state index in [0.29, 0.717) is 22.8 Å². The molecule has 0 unspecified atom stereocenters. The zero-order valence-corrected chi connectivity index (χ0v) is 15.4. The van der Waals surface area contributed by atoms with Gasteiger partial charge in [-0.25, -0.2) is 4.79 Å². The monoisotopic (exact) mass is 330 g/mol. The minimum Gasteiger partial charge on any atom is -0.428 e. The molecule has 2 fully saturated rings. The molecular formula is C21H30O3. The van der Waals surface area contributed by atoms with Crippen LogP contribution in [0.25, 0.3) is 0 Å². The van der Waals surface area contributed by atoms with Gasteiger partial charge in [0.2, 0.25) is 6.29 Å². The second kappa shape index (κ2) is 6.18. The van der Waals surface area contributed by atoms with E-state index in [0.717, 1.165) is 6.42 Å². The Morgan fingerprint density at radius 1 is 1.33 bits per heavy atom. The van der Waals surface area contributed by atoms with Crippen LogP contribution in [-0.2, 0) is 14.3 Å². The van der Waals surface area contributed by atoms with Crippen LogP contribution in [0.3, 0.4) is 0 Å². The Morgan fingerprint density at radius 3 is 2.75 bits per heavy atom. The molecule has 1 heterocycles. The van der Waals surface area contributed by atoms with Gasteiger partial charge in [-0.3, -0.25) is 0 Å². The molecule has 0 amide bonds. The average molecular weight is 330 g/mol. The van der Waals surface area contributed by atoms with Crippen LogP contribution < -0.4 is 0 Å². The molecule has 0 N–H and O–H groups in total. The van der Waals surface area contributed by atoms with Gasteiger partial charge in [0.1, 0.15) is 0 Å². The number of allylic oxidation sites excluding steroid dienone is 2. The molecule has 24 heavy (non-hydrogen) atoms. The van der Waals surface area contributed by atoms with Crippen LogP contribution in [0.1, 0.15) is 52.9 Å². The molecule has 4 atom stereocenters. The van der Waals surface area contributed by atoms with E-state index in [4.69, 9.17) is 9.47 Å². The second-order valence-electron chi connectivity index (χ2n) is 8.57. The normalized spacial score (nSPS) is 38.8. The van der Waals surface area contributed by atoms with Crippen LogP contribution in [-0.4, -0.2) is 19.4 Å². The van der Waals surface area contributed by atoms with Gasteiger partial charge in [0.05, 0.1) is 5.57 Å². The number of fused-ring (bicyclic) bond motifs is 1. The summed E-state index contributed by atoms with van der Waals surface area (Å²) in [6, 6.07) is 0. The Kier molecular flexibility index (Phi) is 4.50. The lowest BCUT2D eigenvalue weighted by Gasteiger charge is -2.57. The molecule has 3 aliphatic rings. The van der Waals surface area contributed by atoms with Gasteiger partial charge in [-0.1, -0.05) is 51.5 Å². The van der Waals surface area contributed by atoms with Crippen molar-refractivity contribution in [2.24, 2.45) is 22.7 Å². The predicted molar refractivity (Wildman–Crippen MR) is 95.2 cm³/mol. The number of carbonyl (C=O) groups excluding carboxylic acids is 1. The van der Waals surface area contributed by atoms with E-state index < -0.39 is 6.29 Å². The van der Waals surface area contributed by atoms with Crippen molar-refractivity contribution in [2.75, 3.05) is 7.11 Å². The third-order valence-corrected chi connectivity index (χ3v) is 6.66. The smallest absolute Gasteiger partial charge is 0.340 e. The number of esters is 1. The predicted octanol–water partition coefficient (Wildman–Crippen LogP) is 4.80. The molecule has 3 rings (SSSR count). The van der Waals surface area contributed by atoms with Gasteiger partial charge in [-0.2, -0.15) is 0 Å². The highest BCUT2D eigenvalue weighted by atomic mass is 16.7. The van der Waals surface area contributed by atoms with Crippen molar-refractivity contribution in [1.29, 1.82) is 0 Å². The Labute approximate surface area is 145 Å². The summed E-state index contributed by atoms with van der Waals surface area (Å²) in [5.41, 5.74) is 2.51. The van der Waals surface area contributed by atoms with Crippen molar-refractivity contribution in [3.05, 3.63) is 36.0 Å². The molecule has 2 aliphatic carbocycles. The summed E-state index contributed by atoms with van der Waals surface area (Å²) >= 11 is 0. The van der Waals surface area contributed by atoms with Crippen LogP contribution in [0.4, 0.5) is 0 Å². The number of hydrogen-bond donors (Lipinski definition) is 0. The van der Waals surface area contributed by atoms with E-state index in [1.54, 1.807) is 13.2 Å². The van der Waals surface area contributed by atoms with E-state index in [2.05, 4.69) is 33.4 Å². The van der Waals surface area contributed by atoms with Crippen molar-refractivity contribution in [3.8, 4) is 0 Å². The van der Waals surface area contributed by atoms with Crippen molar-refractivity contribution in [1.82, 2.24) is 0 Å². The van der Waals surface area contributed by atoms with Gasteiger partial charge < -0.3 is 9.47 Å². The Balaban J connectivity index is 1.87. The molecule has 0 spiro atoms. The van der Waals surface area contributed by atoms with Gasteiger partial charge in [0.25, 0.3) is 0 Å². The first-order valence-electron chi connectivity index (χ1n) is 9.09. The summed E-state index contributed by atoms with van der Waals surface area (Å²) in [6.45, 7) is 11.6. The molecule has 2 saturated carbocycles. The van der Waals surface area contributed by atoms with Crippen LogP contribution in [0, 0.1) is 22.7 Å². The molecule has 0 bridgehead atoms. The average Bonchev–Trinajstić information content (AvgIpc) is 2.86. The van der Waals surface area contributed by atoms with E-state index >= 15 is 0 Å². The topological polar surface area (TPSA) is 35.5 Å². The lowest BCUT2D eigenvalue weighted by Crippen LogP contribution is -2.48. The Morgan fingerprint density at radius 2 is 2.08 bits per heavy atom. The van der Waals surface area contributed by atoms with E-state index in [-0.39, 0.29) is 11.4 Å². The summed E-state index contributed by atoms with van der Waals surface area (Å²) in [6.07, 6.45) is 11.5. The number of ether oxygens (including phenoxy) is 2. The third-order valence-electron chi connectivity index (χ3n) is 6.66. The molecule has 0 saturated heterocycles. The molecule has 3 heteroatoms. The quantitative estimate of drug-likeness (QED) is 0.551. The highest BCUT2D eigenvalue weighted by Gasteiger charge is 2.52. The summed E-state index contributed by atoms with van der Waals surface area (Å²) in [7, 11) is 1.54. The number of rotatable bonds is 3. The van der Waals surface area contributed by atoms with Crippen molar-refractivity contribution >= 4 is 5.97 Å². The van der Waals surface area contributed by atoms with E-state index in [1.807, 2.05) is 6.08 Å². The van der Waals surface area contributed by atoms with Gasteiger partial charge in [0, 0.05) is 13.0 Å². The summed E-state index contributed by atoms with van der Waals surface area (Å²) in [4.78, 5) is 11.9. The number of cyclic esters (lactones) is 1. The van der Waals surface area contributed by atoms with Crippen molar-refractivity contribution < 1.29 is 14.3 Å². The van der Waals surface area contributed by atoms with Gasteiger partial charge in [-0.05, 0) is 48.5 Å². The standard InChI is InChI=1S/C21H30O3/c1-14-7-10-17-20(2,3)11-6-12-21(17,4)16(14)9-8-15-13-18(23-5)24-19(15)22/h8-9,13,16-18H,1,6-7,10-12H2,2-5H3/b9-8+/t16-,17-,18-,21+/m0/s1. The van der Waals surface area contributed by atoms with Crippen LogP contribution in [0.2, 0.25) is 0 Å². The van der Waals surface area contributed by atoms with Crippen molar-refractivity contribution in [3.63, 3.8) is 0 Å². The van der Waals surface area contributed by atoms with E-state index in [1.165, 1.54) is 31.3 Å². The summed E-state index contributed by atoms with van der Waals surface area (Å²) in [5.74, 6) is 0.728. The molecule has 0 aromatic heterocycles. The van der Waals surface area contributed by atoms with Gasteiger partial charge in [0.15, 0.2) is 0 Å². The van der Waals surface area contributed by atoms with Gasteiger partial charge in [-0.15, -0.1) is 0 Å². The molecular weight excluding hydrogens is 300 g/mol. The molecule has 0 aromatic carbocycles. The van der Waals surface area contributed by atoms with Crippen LogP contribution in [0.15, 0.2) is 36.0 Å². The maximum atomic E-state index is 11.9. The third kappa shape index (κ3) is 2.88. The lowest BCUT2D eigenvalue weighted by atomic mass is 9.47.